The van der Waals surface area contributed by atoms with Crippen LogP contribution in [0.15, 0.2) is 42.5 Å². The van der Waals surface area contributed by atoms with E-state index in [-0.39, 0.29) is 17.9 Å². The molecule has 0 saturated carbocycles. The highest BCUT2D eigenvalue weighted by molar-refractivity contribution is 6.03. The van der Waals surface area contributed by atoms with Gasteiger partial charge >= 0.3 is 0 Å². The summed E-state index contributed by atoms with van der Waals surface area (Å²) in [6.07, 6.45) is 0. The SMILES string of the molecule is Cc1ccc([C@H](CNC(=O)c2ccc3c(c2)NC(=O)CN3C)N(C)C)cc1. The minimum atomic E-state index is -0.153. The molecule has 0 aromatic heterocycles. The Labute approximate surface area is 160 Å². The lowest BCUT2D eigenvalue weighted by Crippen LogP contribution is -2.36. The van der Waals surface area contributed by atoms with Gasteiger partial charge in [0.05, 0.1) is 24.0 Å². The van der Waals surface area contributed by atoms with Gasteiger partial charge < -0.3 is 20.4 Å². The molecule has 0 aliphatic carbocycles. The fourth-order valence-electron chi connectivity index (χ4n) is 3.28. The summed E-state index contributed by atoms with van der Waals surface area (Å²) in [4.78, 5) is 28.3. The van der Waals surface area contributed by atoms with Gasteiger partial charge in [-0.25, -0.2) is 0 Å². The van der Waals surface area contributed by atoms with E-state index in [2.05, 4.69) is 46.7 Å². The summed E-state index contributed by atoms with van der Waals surface area (Å²) >= 11 is 0. The van der Waals surface area contributed by atoms with E-state index in [1.807, 2.05) is 32.1 Å². The maximum absolute atomic E-state index is 12.7. The van der Waals surface area contributed by atoms with Crippen molar-refractivity contribution in [2.45, 2.75) is 13.0 Å². The maximum Gasteiger partial charge on any atom is 0.251 e. The van der Waals surface area contributed by atoms with Gasteiger partial charge in [0.15, 0.2) is 0 Å². The van der Waals surface area contributed by atoms with Crippen LogP contribution in [0.3, 0.4) is 0 Å². The molecular weight excluding hydrogens is 340 g/mol. The van der Waals surface area contributed by atoms with Crippen molar-refractivity contribution in [3.05, 3.63) is 59.2 Å². The Morgan fingerprint density at radius 1 is 1.22 bits per heavy atom. The first-order valence-corrected chi connectivity index (χ1v) is 9.01. The number of hydrogen-bond acceptors (Lipinski definition) is 4. The topological polar surface area (TPSA) is 64.7 Å². The van der Waals surface area contributed by atoms with E-state index in [4.69, 9.17) is 0 Å². The molecule has 2 amide bonds. The van der Waals surface area contributed by atoms with Crippen LogP contribution in [-0.4, -0.2) is 50.9 Å². The molecule has 1 heterocycles. The highest BCUT2D eigenvalue weighted by atomic mass is 16.2. The van der Waals surface area contributed by atoms with Crippen molar-refractivity contribution in [2.24, 2.45) is 0 Å². The summed E-state index contributed by atoms with van der Waals surface area (Å²) in [7, 11) is 5.86. The van der Waals surface area contributed by atoms with Crippen molar-refractivity contribution in [1.82, 2.24) is 10.2 Å². The van der Waals surface area contributed by atoms with E-state index in [9.17, 15) is 9.59 Å². The second kappa shape index (κ2) is 7.80. The average Bonchev–Trinajstić information content (AvgIpc) is 2.62. The molecule has 0 saturated heterocycles. The molecule has 0 radical (unpaired) electrons. The van der Waals surface area contributed by atoms with E-state index < -0.39 is 0 Å². The second-order valence-electron chi connectivity index (χ2n) is 7.24. The van der Waals surface area contributed by atoms with Crippen LogP contribution in [-0.2, 0) is 4.79 Å². The third-order valence-corrected chi connectivity index (χ3v) is 4.87. The summed E-state index contributed by atoms with van der Waals surface area (Å²) in [5.41, 5.74) is 4.48. The van der Waals surface area contributed by atoms with Crippen LogP contribution in [0.1, 0.15) is 27.5 Å². The molecule has 0 spiro atoms. The molecule has 0 unspecified atom stereocenters. The van der Waals surface area contributed by atoms with Crippen LogP contribution in [0.5, 0.6) is 0 Å². The minimum Gasteiger partial charge on any atom is -0.364 e. The third kappa shape index (κ3) is 4.28. The Hall–Kier alpha value is -2.86. The van der Waals surface area contributed by atoms with Gasteiger partial charge in [0.1, 0.15) is 0 Å². The number of carbonyl (C=O) groups is 2. The van der Waals surface area contributed by atoms with Gasteiger partial charge in [-0.1, -0.05) is 29.8 Å². The zero-order valence-electron chi connectivity index (χ0n) is 16.2. The standard InChI is InChI=1S/C21H26N4O2/c1-14-5-7-15(8-6-14)19(24(2)3)12-22-21(27)16-9-10-18-17(11-16)23-20(26)13-25(18)4/h5-11,19H,12-13H2,1-4H3,(H,22,27)(H,23,26)/t19-/m0/s1. The summed E-state index contributed by atoms with van der Waals surface area (Å²) < 4.78 is 0. The van der Waals surface area contributed by atoms with Crippen molar-refractivity contribution < 1.29 is 9.59 Å². The molecule has 2 aromatic rings. The predicted molar refractivity (Wildman–Crippen MR) is 108 cm³/mol. The van der Waals surface area contributed by atoms with Gasteiger partial charge in [0, 0.05) is 19.2 Å². The number of fused-ring (bicyclic) bond motifs is 1. The number of rotatable bonds is 5. The van der Waals surface area contributed by atoms with Crippen molar-refractivity contribution in [1.29, 1.82) is 0 Å². The maximum atomic E-state index is 12.7. The number of hydrogen-bond donors (Lipinski definition) is 2. The first-order chi connectivity index (χ1) is 12.8. The highest BCUT2D eigenvalue weighted by Gasteiger charge is 2.21. The Morgan fingerprint density at radius 3 is 2.59 bits per heavy atom. The molecule has 2 N–H and O–H groups in total. The van der Waals surface area contributed by atoms with Gasteiger partial charge in [0.25, 0.3) is 5.91 Å². The number of likely N-dealkylation sites (N-methyl/N-ethyl adjacent to an activating group) is 2. The van der Waals surface area contributed by atoms with Crippen molar-refractivity contribution in [3.8, 4) is 0 Å². The molecule has 142 valence electrons. The van der Waals surface area contributed by atoms with Crippen LogP contribution in [0.2, 0.25) is 0 Å². The number of carbonyl (C=O) groups excluding carboxylic acids is 2. The second-order valence-corrected chi connectivity index (χ2v) is 7.24. The van der Waals surface area contributed by atoms with E-state index in [1.54, 1.807) is 12.1 Å². The molecule has 1 aliphatic heterocycles. The zero-order chi connectivity index (χ0) is 19.6. The molecule has 3 rings (SSSR count). The van der Waals surface area contributed by atoms with Gasteiger partial charge in [-0.15, -0.1) is 0 Å². The average molecular weight is 366 g/mol. The Balaban J connectivity index is 1.72. The third-order valence-electron chi connectivity index (χ3n) is 4.87. The van der Waals surface area contributed by atoms with E-state index in [0.29, 0.717) is 24.3 Å². The Morgan fingerprint density at radius 2 is 1.93 bits per heavy atom. The van der Waals surface area contributed by atoms with Crippen molar-refractivity contribution in [2.75, 3.05) is 44.4 Å². The Bertz CT molecular complexity index is 846. The quantitative estimate of drug-likeness (QED) is 0.853. The number of anilines is 2. The fourth-order valence-corrected chi connectivity index (χ4v) is 3.28. The lowest BCUT2D eigenvalue weighted by Gasteiger charge is -2.28. The zero-order valence-corrected chi connectivity index (χ0v) is 16.2. The summed E-state index contributed by atoms with van der Waals surface area (Å²) in [6.45, 7) is 2.88. The fraction of sp³-hybridized carbons (Fsp3) is 0.333. The number of nitrogens with one attached hydrogen (secondary N) is 2. The number of benzene rings is 2. The molecule has 1 aliphatic rings. The molecule has 0 fully saturated rings. The Kier molecular flexibility index (Phi) is 5.46. The molecule has 2 aromatic carbocycles. The molecule has 1 atom stereocenters. The van der Waals surface area contributed by atoms with Gasteiger partial charge in [0.2, 0.25) is 5.91 Å². The van der Waals surface area contributed by atoms with Crippen LogP contribution < -0.4 is 15.5 Å². The molecular formula is C21H26N4O2. The monoisotopic (exact) mass is 366 g/mol. The number of aryl methyl sites for hydroxylation is 1. The van der Waals surface area contributed by atoms with Crippen molar-refractivity contribution >= 4 is 23.2 Å². The normalized spacial score (nSPS) is 14.6. The van der Waals surface area contributed by atoms with Gasteiger partial charge in [-0.2, -0.15) is 0 Å². The summed E-state index contributed by atoms with van der Waals surface area (Å²) in [6, 6.07) is 13.8. The number of amides is 2. The highest BCUT2D eigenvalue weighted by Crippen LogP contribution is 2.29. The predicted octanol–water partition coefficient (Wildman–Crippen LogP) is 2.42. The smallest absolute Gasteiger partial charge is 0.251 e. The first-order valence-electron chi connectivity index (χ1n) is 9.01. The van der Waals surface area contributed by atoms with Gasteiger partial charge in [-0.3, -0.25) is 9.59 Å². The lowest BCUT2D eigenvalue weighted by atomic mass is 10.0. The van der Waals surface area contributed by atoms with Crippen LogP contribution >= 0.6 is 0 Å². The first kappa shape index (κ1) is 18.9. The van der Waals surface area contributed by atoms with E-state index in [1.165, 1.54) is 5.56 Å². The largest absolute Gasteiger partial charge is 0.364 e. The molecule has 0 bridgehead atoms. The lowest BCUT2D eigenvalue weighted by molar-refractivity contribution is -0.115. The van der Waals surface area contributed by atoms with Crippen LogP contribution in [0, 0.1) is 6.92 Å². The molecule has 6 heteroatoms. The summed E-state index contributed by atoms with van der Waals surface area (Å²) in [5.74, 6) is -0.228. The van der Waals surface area contributed by atoms with Crippen LogP contribution in [0.4, 0.5) is 11.4 Å². The van der Waals surface area contributed by atoms with Crippen LogP contribution in [0.25, 0.3) is 0 Å². The summed E-state index contributed by atoms with van der Waals surface area (Å²) in [5, 5.41) is 5.85. The molecule has 27 heavy (non-hydrogen) atoms. The van der Waals surface area contributed by atoms with E-state index >= 15 is 0 Å². The molecule has 6 nitrogen and oxygen atoms in total. The minimum absolute atomic E-state index is 0.0744. The van der Waals surface area contributed by atoms with Gasteiger partial charge in [-0.05, 0) is 44.8 Å². The van der Waals surface area contributed by atoms with E-state index in [0.717, 1.165) is 11.3 Å². The van der Waals surface area contributed by atoms with Crippen molar-refractivity contribution in [3.63, 3.8) is 0 Å². The number of nitrogens with zero attached hydrogens (tertiary/aromatic N) is 2.